The predicted molar refractivity (Wildman–Crippen MR) is 76.8 cm³/mol. The average molecular weight is 405 g/mol. The van der Waals surface area contributed by atoms with Gasteiger partial charge in [-0.15, -0.1) is 0 Å². The summed E-state index contributed by atoms with van der Waals surface area (Å²) in [5.41, 5.74) is -1.64. The van der Waals surface area contributed by atoms with Crippen LogP contribution in [-0.2, 0) is 16.1 Å². The van der Waals surface area contributed by atoms with Crippen LogP contribution in [0.25, 0.3) is 0 Å². The maximum absolute atomic E-state index is 13.5. The highest BCUT2D eigenvalue weighted by Gasteiger charge is 2.62. The van der Waals surface area contributed by atoms with Crippen LogP contribution < -0.4 is 0 Å². The van der Waals surface area contributed by atoms with E-state index in [1.807, 2.05) is 0 Å². The Labute approximate surface area is 148 Å². The maximum Gasteiger partial charge on any atom is 0.426 e. The van der Waals surface area contributed by atoms with Gasteiger partial charge in [-0.2, -0.15) is 13.2 Å². The Morgan fingerprint density at radius 2 is 1.77 bits per heavy atom. The molecular formula is C16H12ClF7O2. The van der Waals surface area contributed by atoms with E-state index in [1.165, 1.54) is 13.8 Å². The number of carbonyl (C=O) groups is 1. The average Bonchev–Trinajstić information content (AvgIpc) is 3.07. The second-order valence-corrected chi connectivity index (χ2v) is 6.81. The summed E-state index contributed by atoms with van der Waals surface area (Å²) in [7, 11) is 0. The largest absolute Gasteiger partial charge is 0.460 e. The number of alkyl halides is 3. The fourth-order valence-corrected chi connectivity index (χ4v) is 2.79. The van der Waals surface area contributed by atoms with E-state index in [0.717, 1.165) is 0 Å². The summed E-state index contributed by atoms with van der Waals surface area (Å²) in [6.07, 6.45) is -4.08. The number of hydrogen-bond donors (Lipinski definition) is 0. The van der Waals surface area contributed by atoms with Gasteiger partial charge in [0, 0.05) is 5.56 Å². The summed E-state index contributed by atoms with van der Waals surface area (Å²) < 4.78 is 94.8. The zero-order valence-electron chi connectivity index (χ0n) is 13.4. The molecule has 1 aromatic rings. The van der Waals surface area contributed by atoms with Gasteiger partial charge in [-0.3, -0.25) is 4.79 Å². The lowest BCUT2D eigenvalue weighted by Crippen LogP contribution is -2.12. The molecule has 1 aromatic carbocycles. The Morgan fingerprint density at radius 1 is 1.19 bits per heavy atom. The summed E-state index contributed by atoms with van der Waals surface area (Å²) in [4.78, 5) is 12.0. The zero-order chi connectivity index (χ0) is 20.0. The van der Waals surface area contributed by atoms with Crippen LogP contribution in [0.15, 0.2) is 17.2 Å². The van der Waals surface area contributed by atoms with E-state index < -0.39 is 69.9 Å². The first-order valence-corrected chi connectivity index (χ1v) is 7.59. The van der Waals surface area contributed by atoms with Crippen LogP contribution in [0.2, 0.25) is 0 Å². The summed E-state index contributed by atoms with van der Waals surface area (Å²) in [6.45, 7) is 2.09. The fraction of sp³-hybridized carbons (Fsp3) is 0.438. The summed E-state index contributed by atoms with van der Waals surface area (Å²) in [5.74, 6) is -10.3. The molecule has 0 aliphatic heterocycles. The number of halogens is 8. The Bertz CT molecular complexity index is 771. The molecular weight excluding hydrogens is 393 g/mol. The summed E-state index contributed by atoms with van der Waals surface area (Å²) in [6, 6.07) is 0.330. The number of carbonyl (C=O) groups excluding carboxylic acids is 1. The van der Waals surface area contributed by atoms with Crippen LogP contribution >= 0.6 is 11.6 Å². The lowest BCUT2D eigenvalue weighted by molar-refractivity contribution is -0.147. The minimum atomic E-state index is -4.76. The number of allylic oxidation sites excluding steroid dienone is 2. The predicted octanol–water partition coefficient (Wildman–Crippen LogP) is 5.24. The Morgan fingerprint density at radius 3 is 2.31 bits per heavy atom. The van der Waals surface area contributed by atoms with Gasteiger partial charge < -0.3 is 4.74 Å². The van der Waals surface area contributed by atoms with E-state index in [9.17, 15) is 35.5 Å². The molecule has 0 radical (unpaired) electrons. The first-order chi connectivity index (χ1) is 11.8. The van der Waals surface area contributed by atoms with Crippen molar-refractivity contribution in [1.82, 2.24) is 0 Å². The Kier molecular flexibility index (Phi) is 5.34. The molecule has 2 nitrogen and oxygen atoms in total. The summed E-state index contributed by atoms with van der Waals surface area (Å²) in [5, 5.41) is -1.39. The monoisotopic (exact) mass is 404 g/mol. The molecule has 1 aliphatic rings. The van der Waals surface area contributed by atoms with Crippen molar-refractivity contribution in [2.24, 2.45) is 17.3 Å². The van der Waals surface area contributed by atoms with Gasteiger partial charge in [-0.25, -0.2) is 17.6 Å². The molecule has 2 rings (SSSR count). The SMILES string of the molecule is CC1(C)[C@H](C=C(Cl)C(F)(F)F)[C@@H]1C(=O)OCc1cc(F)c(F)c(F)c1F. The van der Waals surface area contributed by atoms with Crippen LogP contribution in [0.3, 0.4) is 0 Å². The van der Waals surface area contributed by atoms with Gasteiger partial charge in [-0.1, -0.05) is 31.5 Å². The van der Waals surface area contributed by atoms with E-state index in [2.05, 4.69) is 0 Å². The minimum absolute atomic E-state index is 0.330. The standard InChI is InChI=1S/C16H12ClF7O2/c1-15(2)7(4-9(17)16(22,23)24)10(15)14(25)26-5-6-3-8(18)12(20)13(21)11(6)19/h3-4,7,10H,5H2,1-2H3/t7-,10-/m1/s1. The van der Waals surface area contributed by atoms with Crippen LogP contribution in [-0.4, -0.2) is 12.1 Å². The van der Waals surface area contributed by atoms with Gasteiger partial charge in [0.05, 0.1) is 5.92 Å². The third-order valence-corrected chi connectivity index (χ3v) is 4.65. The highest BCUT2D eigenvalue weighted by molar-refractivity contribution is 6.30. The van der Waals surface area contributed by atoms with Crippen LogP contribution in [0, 0.1) is 40.5 Å². The molecule has 2 atom stereocenters. The Balaban J connectivity index is 2.10. The number of ether oxygens (including phenoxy) is 1. The first kappa shape index (κ1) is 20.5. The number of esters is 1. The highest BCUT2D eigenvalue weighted by atomic mass is 35.5. The fourth-order valence-electron chi connectivity index (χ4n) is 2.66. The van der Waals surface area contributed by atoms with Crippen molar-refractivity contribution in [2.75, 3.05) is 0 Å². The van der Waals surface area contributed by atoms with E-state index in [1.54, 1.807) is 0 Å². The van der Waals surface area contributed by atoms with Crippen molar-refractivity contribution < 1.29 is 40.3 Å². The molecule has 0 saturated heterocycles. The second-order valence-electron chi connectivity index (χ2n) is 6.40. The van der Waals surface area contributed by atoms with Gasteiger partial charge in [0.2, 0.25) is 0 Å². The van der Waals surface area contributed by atoms with Crippen LogP contribution in [0.1, 0.15) is 19.4 Å². The smallest absolute Gasteiger partial charge is 0.426 e. The molecule has 0 heterocycles. The van der Waals surface area contributed by atoms with Gasteiger partial charge in [0.15, 0.2) is 23.3 Å². The number of rotatable bonds is 4. The molecule has 0 aromatic heterocycles. The lowest BCUT2D eigenvalue weighted by atomic mass is 10.1. The van der Waals surface area contributed by atoms with E-state index in [4.69, 9.17) is 16.3 Å². The molecule has 0 amide bonds. The van der Waals surface area contributed by atoms with E-state index in [0.29, 0.717) is 12.1 Å². The van der Waals surface area contributed by atoms with Crippen LogP contribution in [0.4, 0.5) is 30.7 Å². The molecule has 0 bridgehead atoms. The molecule has 1 fully saturated rings. The zero-order valence-corrected chi connectivity index (χ0v) is 14.1. The van der Waals surface area contributed by atoms with Gasteiger partial charge in [0.1, 0.15) is 11.6 Å². The minimum Gasteiger partial charge on any atom is -0.460 e. The van der Waals surface area contributed by atoms with Crippen molar-refractivity contribution in [1.29, 1.82) is 0 Å². The summed E-state index contributed by atoms with van der Waals surface area (Å²) >= 11 is 5.15. The van der Waals surface area contributed by atoms with E-state index >= 15 is 0 Å². The maximum atomic E-state index is 13.5. The lowest BCUT2D eigenvalue weighted by Gasteiger charge is -2.08. The molecule has 0 spiro atoms. The number of hydrogen-bond acceptors (Lipinski definition) is 2. The topological polar surface area (TPSA) is 26.3 Å². The molecule has 10 heteroatoms. The molecule has 26 heavy (non-hydrogen) atoms. The van der Waals surface area contributed by atoms with E-state index in [-0.39, 0.29) is 0 Å². The van der Waals surface area contributed by atoms with Crippen molar-refractivity contribution in [3.8, 4) is 0 Å². The molecule has 1 aliphatic carbocycles. The third kappa shape index (κ3) is 3.82. The first-order valence-electron chi connectivity index (χ1n) is 7.21. The normalized spacial score (nSPS) is 22.3. The second kappa shape index (κ2) is 6.75. The van der Waals surface area contributed by atoms with Crippen molar-refractivity contribution >= 4 is 17.6 Å². The van der Waals surface area contributed by atoms with Crippen molar-refractivity contribution in [3.63, 3.8) is 0 Å². The van der Waals surface area contributed by atoms with Crippen molar-refractivity contribution in [2.45, 2.75) is 26.6 Å². The third-order valence-electron chi connectivity index (χ3n) is 4.31. The van der Waals surface area contributed by atoms with Crippen molar-refractivity contribution in [3.05, 3.63) is 46.0 Å². The highest BCUT2D eigenvalue weighted by Crippen LogP contribution is 2.60. The van der Waals surface area contributed by atoms with Crippen LogP contribution in [0.5, 0.6) is 0 Å². The molecule has 0 unspecified atom stereocenters. The quantitative estimate of drug-likeness (QED) is 0.297. The number of benzene rings is 1. The molecule has 1 saturated carbocycles. The van der Waals surface area contributed by atoms with Gasteiger partial charge in [-0.05, 0) is 17.4 Å². The van der Waals surface area contributed by atoms with Gasteiger partial charge >= 0.3 is 12.1 Å². The Hall–Kier alpha value is -1.77. The van der Waals surface area contributed by atoms with Gasteiger partial charge in [0.25, 0.3) is 0 Å². The molecule has 144 valence electrons. The molecule has 0 N–H and O–H groups in total.